The first-order chi connectivity index (χ1) is 7.03. The molecule has 86 valence electrons. The molecule has 0 bridgehead atoms. The Morgan fingerprint density at radius 2 is 2.27 bits per heavy atom. The average molecular weight is 239 g/mol. The summed E-state index contributed by atoms with van der Waals surface area (Å²) in [6.45, 7) is 1.11. The molecule has 1 aliphatic heterocycles. The molecule has 1 rings (SSSR count). The zero-order valence-corrected chi connectivity index (χ0v) is 8.90. The van der Waals surface area contributed by atoms with E-state index in [0.717, 1.165) is 18.2 Å². The molecular formula is C9H12F3NOS. The Balaban J connectivity index is 2.26. The molecule has 2 unspecified atom stereocenters. The number of nitriles is 1. The lowest BCUT2D eigenvalue weighted by molar-refractivity contribution is -0.129. The van der Waals surface area contributed by atoms with Crippen molar-refractivity contribution in [2.45, 2.75) is 24.3 Å². The number of halogens is 3. The van der Waals surface area contributed by atoms with Crippen molar-refractivity contribution in [3.8, 4) is 6.07 Å². The van der Waals surface area contributed by atoms with Crippen LogP contribution in [0.15, 0.2) is 0 Å². The van der Waals surface area contributed by atoms with Gasteiger partial charge >= 0.3 is 6.18 Å². The highest BCUT2D eigenvalue weighted by Gasteiger charge is 2.30. The summed E-state index contributed by atoms with van der Waals surface area (Å²) in [4.78, 5) is 0. The monoisotopic (exact) mass is 239 g/mol. The fraction of sp³-hybridized carbons (Fsp3) is 0.889. The summed E-state index contributed by atoms with van der Waals surface area (Å²) in [6.07, 6.45) is -4.18. The van der Waals surface area contributed by atoms with Gasteiger partial charge in [-0.3, -0.25) is 0 Å². The van der Waals surface area contributed by atoms with Gasteiger partial charge in [-0.15, -0.1) is 11.8 Å². The molecule has 1 saturated heterocycles. The Kier molecular flexibility index (Phi) is 4.74. The highest BCUT2D eigenvalue weighted by molar-refractivity contribution is 8.00. The highest BCUT2D eigenvalue weighted by Crippen LogP contribution is 2.29. The van der Waals surface area contributed by atoms with Gasteiger partial charge in [-0.05, 0) is 6.42 Å². The molecule has 1 fully saturated rings. The molecule has 0 spiro atoms. The normalized spacial score (nSPS) is 23.7. The number of hydrogen-bond donors (Lipinski definition) is 0. The molecule has 2 atom stereocenters. The van der Waals surface area contributed by atoms with Crippen LogP contribution in [0.25, 0.3) is 0 Å². The molecule has 0 aliphatic carbocycles. The maximum absolute atomic E-state index is 11.9. The van der Waals surface area contributed by atoms with E-state index in [-0.39, 0.29) is 16.9 Å². The lowest BCUT2D eigenvalue weighted by atomic mass is 10.1. The van der Waals surface area contributed by atoms with E-state index in [1.165, 1.54) is 0 Å². The molecule has 1 heterocycles. The van der Waals surface area contributed by atoms with E-state index < -0.39 is 12.6 Å². The lowest BCUT2D eigenvalue weighted by Crippen LogP contribution is -2.17. The molecule has 0 aromatic rings. The number of thioether (sulfide) groups is 1. The van der Waals surface area contributed by atoms with Gasteiger partial charge in [0.1, 0.15) is 0 Å². The molecule has 6 heteroatoms. The predicted octanol–water partition coefficient (Wildman–Crippen LogP) is 2.60. The number of ether oxygens (including phenoxy) is 1. The first-order valence-corrected chi connectivity index (χ1v) is 5.73. The molecule has 0 saturated carbocycles. The van der Waals surface area contributed by atoms with Gasteiger partial charge in [0.2, 0.25) is 0 Å². The minimum atomic E-state index is -4.13. The highest BCUT2D eigenvalue weighted by atomic mass is 32.2. The summed E-state index contributed by atoms with van der Waals surface area (Å²) >= 11 is 1.08. The van der Waals surface area contributed by atoms with Crippen molar-refractivity contribution < 1.29 is 17.9 Å². The second kappa shape index (κ2) is 5.61. The third-order valence-corrected chi connectivity index (χ3v) is 3.49. The van der Waals surface area contributed by atoms with Gasteiger partial charge < -0.3 is 4.74 Å². The van der Waals surface area contributed by atoms with Crippen molar-refractivity contribution in [3.05, 3.63) is 0 Å². The maximum Gasteiger partial charge on any atom is 0.389 e. The van der Waals surface area contributed by atoms with E-state index in [1.54, 1.807) is 0 Å². The Morgan fingerprint density at radius 3 is 2.73 bits per heavy atom. The fourth-order valence-electron chi connectivity index (χ4n) is 1.37. The summed E-state index contributed by atoms with van der Waals surface area (Å²) < 4.78 is 40.7. The lowest BCUT2D eigenvalue weighted by Gasteiger charge is -2.14. The minimum Gasteiger partial charge on any atom is -0.381 e. The van der Waals surface area contributed by atoms with Crippen molar-refractivity contribution in [1.82, 2.24) is 0 Å². The van der Waals surface area contributed by atoms with E-state index in [4.69, 9.17) is 10.00 Å². The van der Waals surface area contributed by atoms with Gasteiger partial charge in [-0.1, -0.05) is 0 Å². The van der Waals surface area contributed by atoms with E-state index >= 15 is 0 Å². The van der Waals surface area contributed by atoms with Crippen LogP contribution in [0.3, 0.4) is 0 Å². The molecular weight excluding hydrogens is 227 g/mol. The van der Waals surface area contributed by atoms with Crippen LogP contribution in [0.4, 0.5) is 13.2 Å². The zero-order valence-electron chi connectivity index (χ0n) is 8.09. The molecule has 0 radical (unpaired) electrons. The molecule has 1 aliphatic rings. The quantitative estimate of drug-likeness (QED) is 0.756. The molecule has 0 aromatic heterocycles. The van der Waals surface area contributed by atoms with E-state index in [2.05, 4.69) is 0 Å². The summed E-state index contributed by atoms with van der Waals surface area (Å²) in [5.41, 5.74) is 0. The van der Waals surface area contributed by atoms with Crippen LogP contribution in [-0.2, 0) is 4.74 Å². The second-order valence-electron chi connectivity index (χ2n) is 3.41. The van der Waals surface area contributed by atoms with Crippen LogP contribution >= 0.6 is 11.8 Å². The average Bonchev–Trinajstić information content (AvgIpc) is 2.63. The number of rotatable bonds is 4. The van der Waals surface area contributed by atoms with Crippen molar-refractivity contribution >= 4 is 11.8 Å². The molecule has 0 aromatic carbocycles. The van der Waals surface area contributed by atoms with Crippen LogP contribution in [0.5, 0.6) is 0 Å². The van der Waals surface area contributed by atoms with Gasteiger partial charge in [-0.25, -0.2) is 0 Å². The van der Waals surface area contributed by atoms with Crippen LogP contribution in [0, 0.1) is 17.2 Å². The topological polar surface area (TPSA) is 33.0 Å². The standard InChI is InChI=1S/C9H12F3NOS/c10-9(11,12)2-4-15-8(5-13)7-1-3-14-6-7/h7-8H,1-4,6H2. The van der Waals surface area contributed by atoms with Gasteiger partial charge in [0.15, 0.2) is 0 Å². The number of nitrogens with zero attached hydrogens (tertiary/aromatic N) is 1. The third kappa shape index (κ3) is 4.76. The van der Waals surface area contributed by atoms with Crippen molar-refractivity contribution in [2.24, 2.45) is 5.92 Å². The maximum atomic E-state index is 11.9. The van der Waals surface area contributed by atoms with Crippen molar-refractivity contribution in [2.75, 3.05) is 19.0 Å². The smallest absolute Gasteiger partial charge is 0.381 e. The summed E-state index contributed by atoms with van der Waals surface area (Å²) in [5.74, 6) is 0.0475. The van der Waals surface area contributed by atoms with Crippen LogP contribution < -0.4 is 0 Å². The Labute approximate surface area is 90.8 Å². The van der Waals surface area contributed by atoms with Crippen molar-refractivity contribution in [1.29, 1.82) is 5.26 Å². The minimum absolute atomic E-state index is 0.0434. The molecule has 0 amide bonds. The Hall–Kier alpha value is -0.410. The van der Waals surface area contributed by atoms with E-state index in [0.29, 0.717) is 13.2 Å². The summed E-state index contributed by atoms with van der Waals surface area (Å²) in [7, 11) is 0. The van der Waals surface area contributed by atoms with Gasteiger partial charge in [-0.2, -0.15) is 18.4 Å². The van der Waals surface area contributed by atoms with Crippen LogP contribution in [0.1, 0.15) is 12.8 Å². The zero-order chi connectivity index (χ0) is 11.3. The Bertz CT molecular complexity index is 232. The predicted molar refractivity (Wildman–Crippen MR) is 51.5 cm³/mol. The number of alkyl halides is 3. The second-order valence-corrected chi connectivity index (χ2v) is 4.66. The number of hydrogen-bond acceptors (Lipinski definition) is 3. The van der Waals surface area contributed by atoms with Gasteiger partial charge in [0.05, 0.1) is 24.3 Å². The van der Waals surface area contributed by atoms with E-state index in [1.807, 2.05) is 6.07 Å². The summed E-state index contributed by atoms with van der Waals surface area (Å²) in [6, 6.07) is 2.05. The van der Waals surface area contributed by atoms with E-state index in [9.17, 15) is 13.2 Å². The van der Waals surface area contributed by atoms with Gasteiger partial charge in [0.25, 0.3) is 0 Å². The Morgan fingerprint density at radius 1 is 1.53 bits per heavy atom. The molecule has 2 nitrogen and oxygen atoms in total. The first-order valence-electron chi connectivity index (χ1n) is 4.68. The largest absolute Gasteiger partial charge is 0.389 e. The SMILES string of the molecule is N#CC(SCCC(F)(F)F)C1CCOC1. The summed E-state index contributed by atoms with van der Waals surface area (Å²) in [5, 5.41) is 8.44. The first kappa shape index (κ1) is 12.7. The third-order valence-electron chi connectivity index (χ3n) is 2.20. The fourth-order valence-corrected chi connectivity index (χ4v) is 2.54. The molecule has 15 heavy (non-hydrogen) atoms. The van der Waals surface area contributed by atoms with Crippen LogP contribution in [-0.4, -0.2) is 30.4 Å². The molecule has 0 N–H and O–H groups in total. The van der Waals surface area contributed by atoms with Crippen molar-refractivity contribution in [3.63, 3.8) is 0 Å². The van der Waals surface area contributed by atoms with Gasteiger partial charge in [0, 0.05) is 18.3 Å². The van der Waals surface area contributed by atoms with Crippen LogP contribution in [0.2, 0.25) is 0 Å².